The van der Waals surface area contributed by atoms with Crippen molar-refractivity contribution in [3.63, 3.8) is 0 Å². The second-order valence-electron chi connectivity index (χ2n) is 4.57. The molecular weight excluding hydrogens is 146 g/mol. The van der Waals surface area contributed by atoms with Gasteiger partial charge in [0.25, 0.3) is 0 Å². The number of nitrogens with two attached hydrogens (primary N) is 1. The maximum Gasteiger partial charge on any atom is 0.00440 e. The quantitative estimate of drug-likeness (QED) is 0.650. The Kier molecular flexibility index (Phi) is 4.07. The first kappa shape index (κ1) is 10.0. The Labute approximate surface area is 76.7 Å². The predicted octanol–water partition coefficient (Wildman–Crippen LogP) is 2.94. The molecule has 0 aromatic rings. The first-order chi connectivity index (χ1) is 5.72. The molecule has 0 amide bonds. The van der Waals surface area contributed by atoms with Gasteiger partial charge in [0.15, 0.2) is 0 Å². The van der Waals surface area contributed by atoms with E-state index in [1.54, 1.807) is 0 Å². The third kappa shape index (κ3) is 4.10. The van der Waals surface area contributed by atoms with Crippen LogP contribution in [0.1, 0.15) is 52.4 Å². The monoisotopic (exact) mass is 169 g/mol. The molecule has 1 heteroatoms. The average Bonchev–Trinajstić information content (AvgIpc) is 2.71. The fourth-order valence-corrected chi connectivity index (χ4v) is 2.01. The Hall–Kier alpha value is -0.0400. The van der Waals surface area contributed by atoms with Gasteiger partial charge in [-0.3, -0.25) is 0 Å². The van der Waals surface area contributed by atoms with Gasteiger partial charge in [0.05, 0.1) is 0 Å². The third-order valence-corrected chi connectivity index (χ3v) is 2.82. The van der Waals surface area contributed by atoms with E-state index in [0.717, 1.165) is 11.8 Å². The number of rotatable bonds is 6. The molecule has 0 saturated heterocycles. The van der Waals surface area contributed by atoms with Crippen LogP contribution in [0.15, 0.2) is 0 Å². The molecule has 0 aliphatic heterocycles. The molecule has 12 heavy (non-hydrogen) atoms. The molecule has 1 nitrogen and oxygen atoms in total. The van der Waals surface area contributed by atoms with Gasteiger partial charge in [-0.15, -0.1) is 0 Å². The summed E-state index contributed by atoms with van der Waals surface area (Å²) in [5.41, 5.74) is 6.05. The summed E-state index contributed by atoms with van der Waals surface area (Å²) in [4.78, 5) is 0. The van der Waals surface area contributed by atoms with E-state index in [0.29, 0.717) is 6.04 Å². The minimum absolute atomic E-state index is 0.485. The molecule has 72 valence electrons. The Bertz CT molecular complexity index is 118. The minimum atomic E-state index is 0.485. The van der Waals surface area contributed by atoms with E-state index in [4.69, 9.17) is 5.73 Å². The van der Waals surface area contributed by atoms with E-state index in [9.17, 15) is 0 Å². The molecule has 0 radical (unpaired) electrons. The van der Waals surface area contributed by atoms with Crippen LogP contribution in [0.2, 0.25) is 0 Å². The highest BCUT2D eigenvalue weighted by Crippen LogP contribution is 2.34. The van der Waals surface area contributed by atoms with Gasteiger partial charge in [0.1, 0.15) is 0 Å². The molecule has 0 heterocycles. The van der Waals surface area contributed by atoms with Crippen molar-refractivity contribution in [1.29, 1.82) is 0 Å². The summed E-state index contributed by atoms with van der Waals surface area (Å²) >= 11 is 0. The summed E-state index contributed by atoms with van der Waals surface area (Å²) in [6, 6.07) is 0.485. The SMILES string of the molecule is CCCC(C)CC(N)CC1CC1. The second kappa shape index (κ2) is 4.86. The standard InChI is InChI=1S/C11H23N/c1-3-4-9(2)7-11(12)8-10-5-6-10/h9-11H,3-8,12H2,1-2H3. The van der Waals surface area contributed by atoms with E-state index >= 15 is 0 Å². The maximum absolute atomic E-state index is 6.05. The average molecular weight is 169 g/mol. The molecule has 0 spiro atoms. The molecule has 2 N–H and O–H groups in total. The van der Waals surface area contributed by atoms with Gasteiger partial charge in [-0.2, -0.15) is 0 Å². The molecule has 1 rings (SSSR count). The molecule has 2 unspecified atom stereocenters. The second-order valence-corrected chi connectivity index (χ2v) is 4.57. The minimum Gasteiger partial charge on any atom is -0.328 e. The highest BCUT2D eigenvalue weighted by molar-refractivity contribution is 4.79. The molecule has 1 aliphatic rings. The summed E-state index contributed by atoms with van der Waals surface area (Å²) in [6.45, 7) is 4.58. The van der Waals surface area contributed by atoms with Crippen LogP contribution in [0, 0.1) is 11.8 Å². The van der Waals surface area contributed by atoms with Crippen LogP contribution < -0.4 is 5.73 Å². The van der Waals surface area contributed by atoms with Gasteiger partial charge < -0.3 is 5.73 Å². The zero-order chi connectivity index (χ0) is 8.97. The van der Waals surface area contributed by atoms with Crippen molar-refractivity contribution in [2.75, 3.05) is 0 Å². The lowest BCUT2D eigenvalue weighted by Gasteiger charge is -2.16. The molecule has 0 bridgehead atoms. The van der Waals surface area contributed by atoms with Crippen molar-refractivity contribution >= 4 is 0 Å². The van der Waals surface area contributed by atoms with E-state index in [-0.39, 0.29) is 0 Å². The van der Waals surface area contributed by atoms with Gasteiger partial charge in [-0.05, 0) is 24.7 Å². The molecule has 0 aromatic carbocycles. The van der Waals surface area contributed by atoms with Crippen molar-refractivity contribution in [3.8, 4) is 0 Å². The topological polar surface area (TPSA) is 26.0 Å². The van der Waals surface area contributed by atoms with E-state index in [1.165, 1.54) is 38.5 Å². The first-order valence-corrected chi connectivity index (χ1v) is 5.48. The van der Waals surface area contributed by atoms with Gasteiger partial charge in [-0.25, -0.2) is 0 Å². The van der Waals surface area contributed by atoms with Gasteiger partial charge in [-0.1, -0.05) is 39.5 Å². The van der Waals surface area contributed by atoms with Crippen LogP contribution >= 0.6 is 0 Å². The summed E-state index contributed by atoms with van der Waals surface area (Å²) < 4.78 is 0. The van der Waals surface area contributed by atoms with E-state index < -0.39 is 0 Å². The van der Waals surface area contributed by atoms with Crippen LogP contribution in [0.25, 0.3) is 0 Å². The molecule has 1 saturated carbocycles. The van der Waals surface area contributed by atoms with Crippen LogP contribution in [-0.4, -0.2) is 6.04 Å². The largest absolute Gasteiger partial charge is 0.328 e. The fourth-order valence-electron chi connectivity index (χ4n) is 2.01. The van der Waals surface area contributed by atoms with Crippen molar-refractivity contribution in [2.45, 2.75) is 58.4 Å². The Morgan fingerprint density at radius 1 is 1.42 bits per heavy atom. The van der Waals surface area contributed by atoms with Crippen LogP contribution in [0.5, 0.6) is 0 Å². The van der Waals surface area contributed by atoms with Crippen molar-refractivity contribution < 1.29 is 0 Å². The van der Waals surface area contributed by atoms with Crippen LogP contribution in [-0.2, 0) is 0 Å². The van der Waals surface area contributed by atoms with E-state index in [2.05, 4.69) is 13.8 Å². The fraction of sp³-hybridized carbons (Fsp3) is 1.00. The summed E-state index contributed by atoms with van der Waals surface area (Å²) in [6.07, 6.45) is 8.06. The third-order valence-electron chi connectivity index (χ3n) is 2.82. The lowest BCUT2D eigenvalue weighted by Crippen LogP contribution is -2.23. The van der Waals surface area contributed by atoms with Crippen molar-refractivity contribution in [1.82, 2.24) is 0 Å². The number of hydrogen-bond donors (Lipinski definition) is 1. The predicted molar refractivity (Wildman–Crippen MR) is 54.0 cm³/mol. The summed E-state index contributed by atoms with van der Waals surface area (Å²) in [7, 11) is 0. The highest BCUT2D eigenvalue weighted by atomic mass is 14.6. The summed E-state index contributed by atoms with van der Waals surface area (Å²) in [5, 5.41) is 0. The molecule has 2 atom stereocenters. The van der Waals surface area contributed by atoms with Crippen molar-refractivity contribution in [2.24, 2.45) is 17.6 Å². The molecular formula is C11H23N. The van der Waals surface area contributed by atoms with Gasteiger partial charge >= 0.3 is 0 Å². The van der Waals surface area contributed by atoms with Gasteiger partial charge in [0.2, 0.25) is 0 Å². The highest BCUT2D eigenvalue weighted by Gasteiger charge is 2.24. The molecule has 1 aliphatic carbocycles. The maximum atomic E-state index is 6.05. The smallest absolute Gasteiger partial charge is 0.00440 e. The molecule has 1 fully saturated rings. The number of hydrogen-bond acceptors (Lipinski definition) is 1. The van der Waals surface area contributed by atoms with Gasteiger partial charge in [0, 0.05) is 6.04 Å². The zero-order valence-electron chi connectivity index (χ0n) is 8.55. The van der Waals surface area contributed by atoms with E-state index in [1.807, 2.05) is 0 Å². The van der Waals surface area contributed by atoms with Crippen LogP contribution in [0.4, 0.5) is 0 Å². The zero-order valence-corrected chi connectivity index (χ0v) is 8.55. The Balaban J connectivity index is 2.02. The summed E-state index contributed by atoms with van der Waals surface area (Å²) in [5.74, 6) is 1.83. The lowest BCUT2D eigenvalue weighted by atomic mass is 9.95. The Morgan fingerprint density at radius 2 is 2.08 bits per heavy atom. The van der Waals surface area contributed by atoms with Crippen LogP contribution in [0.3, 0.4) is 0 Å². The lowest BCUT2D eigenvalue weighted by molar-refractivity contribution is 0.409. The Morgan fingerprint density at radius 3 is 2.58 bits per heavy atom. The molecule has 0 aromatic heterocycles. The normalized spacial score (nSPS) is 22.2. The first-order valence-electron chi connectivity index (χ1n) is 5.48. The van der Waals surface area contributed by atoms with Crippen molar-refractivity contribution in [3.05, 3.63) is 0 Å².